The Balaban J connectivity index is 1.71. The van der Waals surface area contributed by atoms with Crippen molar-refractivity contribution in [3.63, 3.8) is 0 Å². The van der Waals surface area contributed by atoms with Crippen LogP contribution in [0.2, 0.25) is 0 Å². The zero-order chi connectivity index (χ0) is 20.1. The number of nitrogens with one attached hydrogen (secondary N) is 1. The van der Waals surface area contributed by atoms with Crippen molar-refractivity contribution in [3.8, 4) is 17.2 Å². The molecule has 3 aromatic carbocycles. The molecule has 0 bridgehead atoms. The number of carbonyl (C=O) groups excluding carboxylic acids is 1. The second-order valence-electron chi connectivity index (χ2n) is 6.00. The Morgan fingerprint density at radius 2 is 1.61 bits per heavy atom. The molecule has 0 aromatic heterocycles. The van der Waals surface area contributed by atoms with Crippen LogP contribution in [0, 0.1) is 0 Å². The van der Waals surface area contributed by atoms with Gasteiger partial charge in [-0.05, 0) is 54.1 Å². The minimum Gasteiger partial charge on any atom is -0.497 e. The number of methoxy groups -OCH3 is 1. The van der Waals surface area contributed by atoms with Crippen LogP contribution in [0.25, 0.3) is 10.8 Å². The van der Waals surface area contributed by atoms with Crippen molar-refractivity contribution in [2.45, 2.75) is 19.6 Å². The van der Waals surface area contributed by atoms with Gasteiger partial charge in [0.25, 0.3) is 5.91 Å². The lowest BCUT2D eigenvalue weighted by atomic mass is 10.1. The van der Waals surface area contributed by atoms with E-state index in [0.29, 0.717) is 11.5 Å². The van der Waals surface area contributed by atoms with Gasteiger partial charge in [-0.15, -0.1) is 0 Å². The third kappa shape index (κ3) is 4.68. The number of ether oxygens (including phenoxy) is 3. The molecule has 0 aliphatic heterocycles. The normalized spacial score (nSPS) is 11.9. The number of anilines is 1. The topological polar surface area (TPSA) is 56.8 Å². The summed E-state index contributed by atoms with van der Waals surface area (Å²) in [6.45, 7) is -1.41. The molecule has 146 valence electrons. The third-order valence-corrected chi connectivity index (χ3v) is 4.06. The van der Waals surface area contributed by atoms with Gasteiger partial charge in [-0.3, -0.25) is 4.79 Å². The van der Waals surface area contributed by atoms with E-state index >= 15 is 0 Å². The summed E-state index contributed by atoms with van der Waals surface area (Å²) < 4.78 is 40.3. The summed E-state index contributed by atoms with van der Waals surface area (Å²) in [7, 11) is 1.59. The number of halogens is 2. The van der Waals surface area contributed by atoms with Crippen molar-refractivity contribution in [2.24, 2.45) is 0 Å². The minimum absolute atomic E-state index is 0.115. The van der Waals surface area contributed by atoms with Crippen molar-refractivity contribution < 1.29 is 27.8 Å². The first-order valence-corrected chi connectivity index (χ1v) is 8.55. The molecule has 0 aliphatic carbocycles. The highest BCUT2D eigenvalue weighted by molar-refractivity contribution is 5.95. The standard InChI is InChI=1S/C21H19F2NO4/c1-13(20(25)24-18-5-3-4-6-19(18)28-21(22)23)27-17-10-8-14-7-9-16(26-2)11-15(14)12-17/h3-13,21H,1-2H3,(H,24,25). The number of para-hydroxylation sites is 2. The summed E-state index contributed by atoms with van der Waals surface area (Å²) in [5.41, 5.74) is 0.145. The SMILES string of the molecule is COc1ccc2ccc(OC(C)C(=O)Nc3ccccc3OC(F)F)cc2c1. The molecule has 0 heterocycles. The van der Waals surface area contributed by atoms with Crippen LogP contribution in [-0.2, 0) is 4.79 Å². The maximum atomic E-state index is 12.5. The Morgan fingerprint density at radius 1 is 0.929 bits per heavy atom. The lowest BCUT2D eigenvalue weighted by Crippen LogP contribution is -2.30. The number of hydrogen-bond donors (Lipinski definition) is 1. The molecule has 0 aliphatic rings. The number of hydrogen-bond acceptors (Lipinski definition) is 4. The molecule has 3 rings (SSSR count). The molecule has 1 N–H and O–H groups in total. The van der Waals surface area contributed by atoms with Crippen molar-refractivity contribution in [2.75, 3.05) is 12.4 Å². The van der Waals surface area contributed by atoms with E-state index in [2.05, 4.69) is 10.1 Å². The summed E-state index contributed by atoms with van der Waals surface area (Å²) in [5, 5.41) is 4.46. The van der Waals surface area contributed by atoms with Gasteiger partial charge in [0, 0.05) is 0 Å². The molecule has 7 heteroatoms. The van der Waals surface area contributed by atoms with E-state index < -0.39 is 18.6 Å². The van der Waals surface area contributed by atoms with E-state index in [4.69, 9.17) is 9.47 Å². The maximum Gasteiger partial charge on any atom is 0.387 e. The zero-order valence-corrected chi connectivity index (χ0v) is 15.3. The van der Waals surface area contributed by atoms with Crippen LogP contribution in [0.15, 0.2) is 60.7 Å². The Labute approximate surface area is 160 Å². The second-order valence-corrected chi connectivity index (χ2v) is 6.00. The van der Waals surface area contributed by atoms with Gasteiger partial charge in [0.1, 0.15) is 17.2 Å². The quantitative estimate of drug-likeness (QED) is 0.629. The van der Waals surface area contributed by atoms with Crippen LogP contribution in [-0.4, -0.2) is 25.7 Å². The highest BCUT2D eigenvalue weighted by atomic mass is 19.3. The van der Waals surface area contributed by atoms with Gasteiger partial charge < -0.3 is 19.5 Å². The molecular weight excluding hydrogens is 368 g/mol. The average molecular weight is 387 g/mol. The average Bonchev–Trinajstić information content (AvgIpc) is 2.68. The molecule has 0 saturated heterocycles. The fraction of sp³-hybridized carbons (Fsp3) is 0.190. The zero-order valence-electron chi connectivity index (χ0n) is 15.3. The number of fused-ring (bicyclic) bond motifs is 1. The van der Waals surface area contributed by atoms with E-state index in [1.807, 2.05) is 24.3 Å². The molecule has 0 spiro atoms. The van der Waals surface area contributed by atoms with E-state index in [1.54, 1.807) is 32.2 Å². The number of benzene rings is 3. The Hall–Kier alpha value is -3.35. The fourth-order valence-corrected chi connectivity index (χ4v) is 2.66. The summed E-state index contributed by atoms with van der Waals surface area (Å²) in [5.74, 6) is 0.610. The van der Waals surface area contributed by atoms with E-state index in [1.165, 1.54) is 18.2 Å². The predicted octanol–water partition coefficient (Wildman–Crippen LogP) is 4.86. The predicted molar refractivity (Wildman–Crippen MR) is 102 cm³/mol. The minimum atomic E-state index is -2.98. The molecule has 1 amide bonds. The van der Waals surface area contributed by atoms with Gasteiger partial charge in [0.05, 0.1) is 12.8 Å². The van der Waals surface area contributed by atoms with E-state index in [0.717, 1.165) is 10.8 Å². The first-order valence-electron chi connectivity index (χ1n) is 8.55. The fourth-order valence-electron chi connectivity index (χ4n) is 2.66. The molecule has 1 atom stereocenters. The maximum absolute atomic E-state index is 12.5. The third-order valence-electron chi connectivity index (χ3n) is 4.06. The van der Waals surface area contributed by atoms with Crippen LogP contribution >= 0.6 is 0 Å². The number of amides is 1. The molecule has 5 nitrogen and oxygen atoms in total. The van der Waals surface area contributed by atoms with Gasteiger partial charge in [0.2, 0.25) is 0 Å². The first-order chi connectivity index (χ1) is 13.5. The summed E-state index contributed by atoms with van der Waals surface area (Å²) in [6.07, 6.45) is -0.859. The second kappa shape index (κ2) is 8.56. The van der Waals surface area contributed by atoms with Crippen molar-refractivity contribution in [1.29, 1.82) is 0 Å². The highest BCUT2D eigenvalue weighted by Gasteiger charge is 2.18. The molecule has 0 radical (unpaired) electrons. The monoisotopic (exact) mass is 387 g/mol. The van der Waals surface area contributed by atoms with Crippen LogP contribution < -0.4 is 19.5 Å². The smallest absolute Gasteiger partial charge is 0.387 e. The van der Waals surface area contributed by atoms with Gasteiger partial charge in [-0.25, -0.2) is 0 Å². The lowest BCUT2D eigenvalue weighted by molar-refractivity contribution is -0.122. The van der Waals surface area contributed by atoms with Crippen molar-refractivity contribution >= 4 is 22.4 Å². The summed E-state index contributed by atoms with van der Waals surface area (Å²) in [4.78, 5) is 12.4. The molecule has 0 saturated carbocycles. The molecule has 0 fully saturated rings. The van der Waals surface area contributed by atoms with Crippen LogP contribution in [0.5, 0.6) is 17.2 Å². The molecule has 28 heavy (non-hydrogen) atoms. The van der Waals surface area contributed by atoms with Gasteiger partial charge >= 0.3 is 6.61 Å². The number of rotatable bonds is 7. The van der Waals surface area contributed by atoms with E-state index in [-0.39, 0.29) is 11.4 Å². The first kappa shape index (κ1) is 19.4. The number of alkyl halides is 2. The Bertz CT molecular complexity index is 978. The van der Waals surface area contributed by atoms with Gasteiger partial charge in [-0.2, -0.15) is 8.78 Å². The summed E-state index contributed by atoms with van der Waals surface area (Å²) >= 11 is 0. The Morgan fingerprint density at radius 3 is 2.32 bits per heavy atom. The van der Waals surface area contributed by atoms with Crippen LogP contribution in [0.3, 0.4) is 0 Å². The van der Waals surface area contributed by atoms with Gasteiger partial charge in [0.15, 0.2) is 6.10 Å². The van der Waals surface area contributed by atoms with Crippen molar-refractivity contribution in [3.05, 3.63) is 60.7 Å². The number of carbonyl (C=O) groups is 1. The highest BCUT2D eigenvalue weighted by Crippen LogP contribution is 2.27. The Kier molecular flexibility index (Phi) is 5.93. The van der Waals surface area contributed by atoms with Gasteiger partial charge in [-0.1, -0.05) is 24.3 Å². The largest absolute Gasteiger partial charge is 0.497 e. The molecule has 1 unspecified atom stereocenters. The van der Waals surface area contributed by atoms with Crippen LogP contribution in [0.4, 0.5) is 14.5 Å². The molecule has 3 aromatic rings. The van der Waals surface area contributed by atoms with Crippen molar-refractivity contribution in [1.82, 2.24) is 0 Å². The lowest BCUT2D eigenvalue weighted by Gasteiger charge is -2.17. The summed E-state index contributed by atoms with van der Waals surface area (Å²) in [6, 6.07) is 17.1. The molecular formula is C21H19F2NO4. The van der Waals surface area contributed by atoms with Crippen LogP contribution in [0.1, 0.15) is 6.92 Å². The van der Waals surface area contributed by atoms with E-state index in [9.17, 15) is 13.6 Å².